The van der Waals surface area contributed by atoms with Crippen LogP contribution in [0, 0.1) is 0 Å². The number of esters is 2. The Hall–Kier alpha value is -3.27. The van der Waals surface area contributed by atoms with Gasteiger partial charge in [0.15, 0.2) is 6.10 Å². The third-order valence-electron chi connectivity index (χ3n) is 5.33. The SMILES string of the molecule is CC(=O)OCC1=C(C(=O)OC(c2ccccc2)c2ccccc2)N2C(=O)C(Br)(N=[N+]=[N-])[C@H]2SC1. The minimum Gasteiger partial charge on any atom is -0.461 e. The van der Waals surface area contributed by atoms with Gasteiger partial charge in [-0.05, 0) is 16.7 Å². The van der Waals surface area contributed by atoms with Crippen LogP contribution in [0.2, 0.25) is 0 Å². The van der Waals surface area contributed by atoms with Gasteiger partial charge in [0.05, 0.1) is 0 Å². The molecule has 0 N–H and O–H groups in total. The first-order chi connectivity index (χ1) is 16.4. The molecule has 9 nitrogen and oxygen atoms in total. The van der Waals surface area contributed by atoms with E-state index in [1.54, 1.807) is 0 Å². The number of carbonyl (C=O) groups excluding carboxylic acids is 3. The number of ether oxygens (including phenoxy) is 2. The first-order valence-corrected chi connectivity index (χ1v) is 12.1. The number of azide groups is 1. The van der Waals surface area contributed by atoms with E-state index in [1.807, 2.05) is 60.7 Å². The third kappa shape index (κ3) is 4.42. The Balaban J connectivity index is 1.71. The van der Waals surface area contributed by atoms with E-state index < -0.39 is 33.8 Å². The molecule has 2 aliphatic rings. The summed E-state index contributed by atoms with van der Waals surface area (Å²) in [4.78, 5) is 42.0. The van der Waals surface area contributed by atoms with Gasteiger partial charge in [0, 0.05) is 23.2 Å². The topological polar surface area (TPSA) is 122 Å². The number of β-lactam (4-membered cyclic amide) rings is 1. The molecule has 0 saturated carbocycles. The second kappa shape index (κ2) is 9.92. The number of rotatable bonds is 7. The van der Waals surface area contributed by atoms with E-state index in [0.29, 0.717) is 5.57 Å². The molecule has 1 unspecified atom stereocenters. The van der Waals surface area contributed by atoms with Crippen LogP contribution in [0.15, 0.2) is 77.0 Å². The number of nitrogens with zero attached hydrogens (tertiary/aromatic N) is 4. The van der Waals surface area contributed by atoms with Crippen molar-refractivity contribution in [3.8, 4) is 0 Å². The zero-order valence-electron chi connectivity index (χ0n) is 18.0. The number of thioether (sulfide) groups is 1. The molecule has 0 radical (unpaired) electrons. The van der Waals surface area contributed by atoms with Crippen LogP contribution in [0.3, 0.4) is 0 Å². The Morgan fingerprint density at radius 2 is 1.79 bits per heavy atom. The number of halogens is 1. The van der Waals surface area contributed by atoms with Crippen LogP contribution >= 0.6 is 27.7 Å². The maximum absolute atomic E-state index is 13.6. The van der Waals surface area contributed by atoms with E-state index in [9.17, 15) is 14.4 Å². The van der Waals surface area contributed by atoms with Crippen molar-refractivity contribution in [1.29, 1.82) is 0 Å². The van der Waals surface area contributed by atoms with E-state index in [4.69, 9.17) is 15.0 Å². The average Bonchev–Trinajstić information content (AvgIpc) is 2.86. The Bertz CT molecular complexity index is 1160. The third-order valence-corrected chi connectivity index (χ3v) is 7.95. The van der Waals surface area contributed by atoms with E-state index in [-0.39, 0.29) is 18.1 Å². The molecule has 0 aromatic heterocycles. The van der Waals surface area contributed by atoms with Crippen molar-refractivity contribution in [3.05, 3.63) is 93.5 Å². The summed E-state index contributed by atoms with van der Waals surface area (Å²) in [5, 5.41) is 2.95. The molecule has 1 saturated heterocycles. The average molecular weight is 543 g/mol. The first kappa shape index (κ1) is 23.9. The highest BCUT2D eigenvalue weighted by Crippen LogP contribution is 2.51. The lowest BCUT2D eigenvalue weighted by atomic mass is 10.0. The van der Waals surface area contributed by atoms with Gasteiger partial charge in [0.2, 0.25) is 4.45 Å². The Morgan fingerprint density at radius 3 is 2.32 bits per heavy atom. The summed E-state index contributed by atoms with van der Waals surface area (Å²) in [6.07, 6.45) is -0.729. The summed E-state index contributed by atoms with van der Waals surface area (Å²) in [6, 6.07) is 18.5. The molecule has 1 fully saturated rings. The van der Waals surface area contributed by atoms with Crippen LogP contribution in [0.5, 0.6) is 0 Å². The van der Waals surface area contributed by atoms with E-state index in [0.717, 1.165) is 11.1 Å². The van der Waals surface area contributed by atoms with Crippen LogP contribution in [-0.4, -0.2) is 44.9 Å². The van der Waals surface area contributed by atoms with Gasteiger partial charge in [-0.2, -0.15) is 0 Å². The monoisotopic (exact) mass is 542 g/mol. The zero-order chi connectivity index (χ0) is 24.3. The highest BCUT2D eigenvalue weighted by Gasteiger charge is 2.63. The fourth-order valence-corrected chi connectivity index (χ4v) is 5.92. The fourth-order valence-electron chi connectivity index (χ4n) is 3.75. The fraction of sp³-hybridized carbons (Fsp3) is 0.261. The van der Waals surface area contributed by atoms with Crippen LogP contribution in [-0.2, 0) is 23.9 Å². The van der Waals surface area contributed by atoms with E-state index in [1.165, 1.54) is 23.6 Å². The van der Waals surface area contributed by atoms with Gasteiger partial charge < -0.3 is 9.47 Å². The molecule has 34 heavy (non-hydrogen) atoms. The van der Waals surface area contributed by atoms with Crippen LogP contribution in [0.4, 0.5) is 0 Å². The molecule has 2 aromatic rings. The standard InChI is InChI=1S/C23H19BrN4O5S/c1-14(29)32-12-17-13-34-22-23(24,26-27-25)21(31)28(22)18(17)20(30)33-19(15-8-4-2-5-9-15)16-10-6-3-7-11-16/h2-11,19,22H,12-13H2,1H3/t22-,23?/m1/s1. The molecular formula is C23H19BrN4O5S. The number of carbonyl (C=O) groups is 3. The van der Waals surface area contributed by atoms with Crippen molar-refractivity contribution in [2.45, 2.75) is 22.8 Å². The van der Waals surface area contributed by atoms with Gasteiger partial charge in [0.1, 0.15) is 17.7 Å². The molecule has 1 amide bonds. The maximum Gasteiger partial charge on any atom is 0.356 e. The number of amides is 1. The lowest BCUT2D eigenvalue weighted by molar-refractivity contribution is -0.154. The molecule has 0 aliphatic carbocycles. The predicted octanol–water partition coefficient (Wildman–Crippen LogP) is 4.45. The van der Waals surface area contributed by atoms with Crippen LogP contribution < -0.4 is 0 Å². The van der Waals surface area contributed by atoms with Crippen molar-refractivity contribution >= 4 is 45.5 Å². The van der Waals surface area contributed by atoms with Gasteiger partial charge >= 0.3 is 11.9 Å². The van der Waals surface area contributed by atoms with Gasteiger partial charge in [-0.15, -0.1) is 11.8 Å². The Kier molecular flexibility index (Phi) is 6.97. The second-order valence-corrected chi connectivity index (χ2v) is 9.82. The molecule has 0 spiro atoms. The largest absolute Gasteiger partial charge is 0.461 e. The predicted molar refractivity (Wildman–Crippen MR) is 128 cm³/mol. The minimum atomic E-state index is -1.50. The van der Waals surface area contributed by atoms with Gasteiger partial charge in [-0.3, -0.25) is 14.5 Å². The molecule has 0 bridgehead atoms. The maximum atomic E-state index is 13.6. The van der Waals surface area contributed by atoms with Gasteiger partial charge in [-0.1, -0.05) is 81.7 Å². The number of fused-ring (bicyclic) bond motifs is 1. The molecule has 2 atom stereocenters. The normalized spacial score (nSPS) is 21.3. The van der Waals surface area contributed by atoms with Crippen molar-refractivity contribution in [1.82, 2.24) is 4.90 Å². The summed E-state index contributed by atoms with van der Waals surface area (Å²) in [6.45, 7) is 1.10. The molecule has 2 aliphatic heterocycles. The lowest BCUT2D eigenvalue weighted by Crippen LogP contribution is -2.69. The smallest absolute Gasteiger partial charge is 0.356 e. The number of benzene rings is 2. The van der Waals surface area contributed by atoms with Crippen LogP contribution in [0.25, 0.3) is 10.4 Å². The second-order valence-electron chi connectivity index (χ2n) is 7.54. The Labute approximate surface area is 207 Å². The lowest BCUT2D eigenvalue weighted by Gasteiger charge is -2.52. The van der Waals surface area contributed by atoms with E-state index in [2.05, 4.69) is 26.0 Å². The summed E-state index contributed by atoms with van der Waals surface area (Å²) in [5.74, 6) is -1.57. The highest BCUT2D eigenvalue weighted by molar-refractivity contribution is 9.10. The summed E-state index contributed by atoms with van der Waals surface area (Å²) < 4.78 is 9.60. The highest BCUT2D eigenvalue weighted by atomic mass is 79.9. The molecular weight excluding hydrogens is 524 g/mol. The number of hydrogen-bond donors (Lipinski definition) is 0. The Morgan fingerprint density at radius 1 is 1.21 bits per heavy atom. The molecule has 11 heteroatoms. The van der Waals surface area contributed by atoms with Crippen molar-refractivity contribution in [2.75, 3.05) is 12.4 Å². The molecule has 4 rings (SSSR count). The first-order valence-electron chi connectivity index (χ1n) is 10.2. The van der Waals surface area contributed by atoms with E-state index >= 15 is 0 Å². The zero-order valence-corrected chi connectivity index (χ0v) is 20.4. The van der Waals surface area contributed by atoms with Gasteiger partial charge in [-0.25, -0.2) is 4.79 Å². The van der Waals surface area contributed by atoms with Crippen molar-refractivity contribution < 1.29 is 23.9 Å². The molecule has 2 aromatic carbocycles. The van der Waals surface area contributed by atoms with Gasteiger partial charge in [0.25, 0.3) is 5.91 Å². The summed E-state index contributed by atoms with van der Waals surface area (Å²) in [7, 11) is 0. The number of alkyl halides is 1. The molecule has 174 valence electrons. The number of hydrogen-bond acceptors (Lipinski definition) is 7. The minimum absolute atomic E-state index is 0.00456. The summed E-state index contributed by atoms with van der Waals surface area (Å²) in [5.41, 5.74) is 10.8. The van der Waals surface area contributed by atoms with Crippen LogP contribution in [0.1, 0.15) is 24.2 Å². The molecule has 2 heterocycles. The van der Waals surface area contributed by atoms with Crippen molar-refractivity contribution in [2.24, 2.45) is 5.11 Å². The quantitative estimate of drug-likeness (QED) is 0.0968. The van der Waals surface area contributed by atoms with Crippen molar-refractivity contribution in [3.63, 3.8) is 0 Å². The summed E-state index contributed by atoms with van der Waals surface area (Å²) >= 11 is 4.52.